The molecular formula is C27H44O6. The number of fused-ring (bicyclic) bond motifs is 5. The summed E-state index contributed by atoms with van der Waals surface area (Å²) in [7, 11) is 0. The van der Waals surface area contributed by atoms with E-state index in [9.17, 15) is 30.3 Å². The van der Waals surface area contributed by atoms with Crippen molar-refractivity contribution >= 4 is 5.78 Å². The largest absolute Gasteiger partial charge is 0.390 e. The molecule has 0 saturated heterocycles. The minimum absolute atomic E-state index is 0.0463. The molecule has 3 fully saturated rings. The Morgan fingerprint density at radius 1 is 1.09 bits per heavy atom. The van der Waals surface area contributed by atoms with Gasteiger partial charge in [-0.1, -0.05) is 27.7 Å². The molecule has 0 aromatic heterocycles. The molecule has 4 aliphatic carbocycles. The van der Waals surface area contributed by atoms with Crippen LogP contribution < -0.4 is 0 Å². The van der Waals surface area contributed by atoms with Crippen molar-refractivity contribution in [3.05, 3.63) is 11.6 Å². The van der Waals surface area contributed by atoms with Crippen molar-refractivity contribution < 1.29 is 30.3 Å². The lowest BCUT2D eigenvalue weighted by Crippen LogP contribution is -2.62. The number of aliphatic hydroxyl groups is 5. The molecule has 4 rings (SSSR count). The highest BCUT2D eigenvalue weighted by Crippen LogP contribution is 2.68. The third kappa shape index (κ3) is 3.58. The van der Waals surface area contributed by atoms with Gasteiger partial charge in [0.15, 0.2) is 5.78 Å². The minimum atomic E-state index is -1.34. The summed E-state index contributed by atoms with van der Waals surface area (Å²) in [6.45, 7) is 9.96. The number of hydrogen-bond acceptors (Lipinski definition) is 6. The van der Waals surface area contributed by atoms with Crippen LogP contribution in [0, 0.1) is 34.5 Å². The van der Waals surface area contributed by atoms with Gasteiger partial charge in [-0.15, -0.1) is 0 Å². The number of aliphatic hydroxyl groups excluding tert-OH is 3. The highest BCUT2D eigenvalue weighted by Gasteiger charge is 2.69. The second-order valence-electron chi connectivity index (χ2n) is 12.8. The maximum absolute atomic E-state index is 13.2. The summed E-state index contributed by atoms with van der Waals surface area (Å²) in [6, 6.07) is 0. The van der Waals surface area contributed by atoms with Crippen LogP contribution in [-0.2, 0) is 4.79 Å². The molecule has 6 nitrogen and oxygen atoms in total. The van der Waals surface area contributed by atoms with Gasteiger partial charge in [0.1, 0.15) is 0 Å². The first-order valence-electron chi connectivity index (χ1n) is 12.9. The van der Waals surface area contributed by atoms with E-state index in [4.69, 9.17) is 0 Å². The van der Waals surface area contributed by atoms with Gasteiger partial charge in [0.05, 0.1) is 29.5 Å². The van der Waals surface area contributed by atoms with Crippen LogP contribution in [-0.4, -0.2) is 60.8 Å². The molecule has 188 valence electrons. The van der Waals surface area contributed by atoms with Crippen LogP contribution in [0.15, 0.2) is 11.6 Å². The van der Waals surface area contributed by atoms with Crippen molar-refractivity contribution in [1.29, 1.82) is 0 Å². The molecule has 6 heteroatoms. The minimum Gasteiger partial charge on any atom is -0.390 e. The van der Waals surface area contributed by atoms with Crippen LogP contribution in [0.4, 0.5) is 0 Å². The van der Waals surface area contributed by atoms with Crippen molar-refractivity contribution in [2.75, 3.05) is 0 Å². The number of carbonyl (C=O) groups is 1. The summed E-state index contributed by atoms with van der Waals surface area (Å²) in [6.07, 6.45) is 3.39. The van der Waals surface area contributed by atoms with Crippen LogP contribution in [0.2, 0.25) is 0 Å². The zero-order chi connectivity index (χ0) is 24.6. The summed E-state index contributed by atoms with van der Waals surface area (Å²) < 4.78 is 0. The number of allylic oxidation sites excluding steroid dienone is 1. The Hall–Kier alpha value is -0.790. The predicted molar refractivity (Wildman–Crippen MR) is 125 cm³/mol. The summed E-state index contributed by atoms with van der Waals surface area (Å²) >= 11 is 0. The molecule has 0 unspecified atom stereocenters. The molecule has 0 aromatic rings. The van der Waals surface area contributed by atoms with Crippen LogP contribution in [0.3, 0.4) is 0 Å². The molecule has 3 saturated carbocycles. The zero-order valence-electron chi connectivity index (χ0n) is 20.9. The molecule has 0 aromatic carbocycles. The molecule has 0 aliphatic heterocycles. The molecule has 10 atom stereocenters. The second kappa shape index (κ2) is 8.12. The lowest BCUT2D eigenvalue weighted by molar-refractivity contribution is -0.176. The standard InChI is InChI=1S/C27H44O6/c1-15(2)6-7-23(31)26(5,32)22-9-11-27(33)17-12-19(28)18-13-20(29)21(30)14-24(18,3)16(17)8-10-25(22,27)4/h12,15-16,18,20-23,29-33H,6-11,13-14H2,1-5H3/t16-,18-,20-,21+,22-,23+,24+,25+,26+,27+/m0/s1. The van der Waals surface area contributed by atoms with E-state index in [2.05, 4.69) is 13.8 Å². The van der Waals surface area contributed by atoms with Crippen LogP contribution >= 0.6 is 0 Å². The van der Waals surface area contributed by atoms with Gasteiger partial charge in [-0.25, -0.2) is 0 Å². The fourth-order valence-electron chi connectivity index (χ4n) is 8.32. The maximum atomic E-state index is 13.2. The molecule has 5 N–H and O–H groups in total. The van der Waals surface area contributed by atoms with Gasteiger partial charge < -0.3 is 25.5 Å². The second-order valence-corrected chi connectivity index (χ2v) is 12.8. The third-order valence-electron chi connectivity index (χ3n) is 10.5. The van der Waals surface area contributed by atoms with Crippen LogP contribution in [0.25, 0.3) is 0 Å². The molecular weight excluding hydrogens is 420 g/mol. The Morgan fingerprint density at radius 2 is 1.76 bits per heavy atom. The molecule has 0 radical (unpaired) electrons. The first kappa shape index (κ1) is 25.3. The van der Waals surface area contributed by atoms with Crippen molar-refractivity contribution in [2.45, 2.75) is 115 Å². The average Bonchev–Trinajstić information content (AvgIpc) is 3.00. The molecule has 0 heterocycles. The Morgan fingerprint density at radius 3 is 2.39 bits per heavy atom. The molecule has 33 heavy (non-hydrogen) atoms. The topological polar surface area (TPSA) is 118 Å². The van der Waals surface area contributed by atoms with E-state index in [0.29, 0.717) is 38.0 Å². The van der Waals surface area contributed by atoms with E-state index in [1.165, 1.54) is 0 Å². The van der Waals surface area contributed by atoms with Crippen molar-refractivity contribution in [3.63, 3.8) is 0 Å². The van der Waals surface area contributed by atoms with E-state index in [-0.39, 0.29) is 30.0 Å². The van der Waals surface area contributed by atoms with E-state index in [0.717, 1.165) is 18.4 Å². The van der Waals surface area contributed by atoms with Gasteiger partial charge in [0, 0.05) is 11.3 Å². The molecule has 0 bridgehead atoms. The first-order chi connectivity index (χ1) is 15.2. The van der Waals surface area contributed by atoms with E-state index in [1.807, 2.05) is 13.8 Å². The molecule has 0 amide bonds. The van der Waals surface area contributed by atoms with Gasteiger partial charge in [-0.3, -0.25) is 4.79 Å². The number of hydrogen-bond donors (Lipinski definition) is 5. The van der Waals surface area contributed by atoms with E-state index < -0.39 is 40.3 Å². The number of carbonyl (C=O) groups excluding carboxylic acids is 1. The fourth-order valence-corrected chi connectivity index (χ4v) is 8.32. The summed E-state index contributed by atoms with van der Waals surface area (Å²) in [4.78, 5) is 13.2. The van der Waals surface area contributed by atoms with Gasteiger partial charge in [0.2, 0.25) is 0 Å². The van der Waals surface area contributed by atoms with Crippen LogP contribution in [0.5, 0.6) is 0 Å². The summed E-state index contributed by atoms with van der Waals surface area (Å²) in [5.74, 6) is -0.331. The van der Waals surface area contributed by atoms with Crippen LogP contribution in [0.1, 0.15) is 86.0 Å². The maximum Gasteiger partial charge on any atom is 0.159 e. The lowest BCUT2D eigenvalue weighted by Gasteiger charge is -2.60. The average molecular weight is 465 g/mol. The summed E-state index contributed by atoms with van der Waals surface area (Å²) in [5.41, 5.74) is -2.98. The van der Waals surface area contributed by atoms with Gasteiger partial charge >= 0.3 is 0 Å². The quantitative estimate of drug-likeness (QED) is 0.427. The monoisotopic (exact) mass is 464 g/mol. The van der Waals surface area contributed by atoms with Crippen molar-refractivity contribution in [2.24, 2.45) is 34.5 Å². The van der Waals surface area contributed by atoms with Gasteiger partial charge in [-0.05, 0) is 93.1 Å². The predicted octanol–water partition coefficient (Wildman–Crippen LogP) is 2.74. The molecule has 4 aliphatic rings. The highest BCUT2D eigenvalue weighted by molar-refractivity contribution is 5.95. The van der Waals surface area contributed by atoms with Gasteiger partial charge in [-0.2, -0.15) is 0 Å². The fraction of sp³-hybridized carbons (Fsp3) is 0.889. The SMILES string of the molecule is CC(C)CC[C@@H](O)[C@](C)(O)[C@H]1CC[C@@]2(O)C3=CC(=O)[C@@H]4C[C@H](O)[C@H](O)C[C@]4(C)[C@H]3CC[C@]12C. The summed E-state index contributed by atoms with van der Waals surface area (Å²) in [5, 5.41) is 55.4. The number of ketones is 1. The first-order valence-corrected chi connectivity index (χ1v) is 12.9. The highest BCUT2D eigenvalue weighted by atomic mass is 16.3. The molecule has 0 spiro atoms. The Kier molecular flexibility index (Phi) is 6.23. The van der Waals surface area contributed by atoms with Crippen molar-refractivity contribution in [3.8, 4) is 0 Å². The zero-order valence-corrected chi connectivity index (χ0v) is 20.9. The van der Waals surface area contributed by atoms with Crippen molar-refractivity contribution in [1.82, 2.24) is 0 Å². The Labute approximate surface area is 198 Å². The van der Waals surface area contributed by atoms with E-state index >= 15 is 0 Å². The Balaban J connectivity index is 1.68. The van der Waals surface area contributed by atoms with E-state index in [1.54, 1.807) is 13.0 Å². The third-order valence-corrected chi connectivity index (χ3v) is 10.5. The lowest BCUT2D eigenvalue weighted by atomic mass is 9.45. The number of rotatable bonds is 5. The van der Waals surface area contributed by atoms with Gasteiger partial charge in [0.25, 0.3) is 0 Å². The Bertz CT molecular complexity index is 819. The normalized spacial score (nSPS) is 47.9. The smallest absolute Gasteiger partial charge is 0.159 e.